The second kappa shape index (κ2) is 4.62. The molecule has 9 heteroatoms. The maximum atomic E-state index is 12.6. The Kier molecular flexibility index (Phi) is 3.88. The lowest BCUT2D eigenvalue weighted by Gasteiger charge is -2.15. The van der Waals surface area contributed by atoms with Crippen molar-refractivity contribution in [2.45, 2.75) is 12.4 Å². The third kappa shape index (κ3) is 2.89. The zero-order valence-electron chi connectivity index (χ0n) is 8.09. The van der Waals surface area contributed by atoms with Gasteiger partial charge in [0.05, 0.1) is 15.6 Å². The Bertz CT molecular complexity index is 491. The van der Waals surface area contributed by atoms with Gasteiger partial charge in [-0.2, -0.15) is 26.3 Å². The zero-order valence-corrected chi connectivity index (χ0v) is 9.60. The minimum absolute atomic E-state index is 0.340. The number of halogens is 8. The Morgan fingerprint density at radius 2 is 1.50 bits per heavy atom. The van der Waals surface area contributed by atoms with E-state index in [1.165, 1.54) is 0 Å². The molecule has 0 bridgehead atoms. The van der Waals surface area contributed by atoms with E-state index in [1.54, 1.807) is 0 Å². The van der Waals surface area contributed by atoms with E-state index in [-0.39, 0.29) is 0 Å². The lowest BCUT2D eigenvalue weighted by atomic mass is 10.0. The molecule has 0 fully saturated rings. The number of rotatable bonds is 1. The predicted molar refractivity (Wildman–Crippen MR) is 51.8 cm³/mol. The van der Waals surface area contributed by atoms with Crippen molar-refractivity contribution < 1.29 is 31.1 Å². The lowest BCUT2D eigenvalue weighted by molar-refractivity contribution is -0.138. The van der Waals surface area contributed by atoms with Gasteiger partial charge >= 0.3 is 12.4 Å². The van der Waals surface area contributed by atoms with E-state index in [9.17, 15) is 31.1 Å². The molecule has 0 amide bonds. The highest BCUT2D eigenvalue weighted by Crippen LogP contribution is 2.42. The van der Waals surface area contributed by atoms with Gasteiger partial charge < -0.3 is 0 Å². The molecule has 100 valence electrons. The number of ketones is 1. The Morgan fingerprint density at radius 1 is 1.00 bits per heavy atom. The molecule has 0 N–H and O–H groups in total. The smallest absolute Gasteiger partial charge is 0.284 e. The summed E-state index contributed by atoms with van der Waals surface area (Å²) in [5, 5.41) is -1.73. The van der Waals surface area contributed by atoms with Gasteiger partial charge in [0.2, 0.25) is 0 Å². The van der Waals surface area contributed by atoms with Crippen molar-refractivity contribution in [2.75, 3.05) is 0 Å². The van der Waals surface area contributed by atoms with Gasteiger partial charge in [-0.15, -0.1) is 0 Å². The molecule has 0 unspecified atom stereocenters. The van der Waals surface area contributed by atoms with Gasteiger partial charge in [0.25, 0.3) is 5.78 Å². The van der Waals surface area contributed by atoms with Crippen molar-refractivity contribution in [3.63, 3.8) is 0 Å². The first-order valence-electron chi connectivity index (χ1n) is 4.13. The number of hydrogen-bond acceptors (Lipinski definition) is 1. The van der Waals surface area contributed by atoms with Crippen molar-refractivity contribution in [3.8, 4) is 0 Å². The van der Waals surface area contributed by atoms with Crippen molar-refractivity contribution >= 4 is 29.0 Å². The summed E-state index contributed by atoms with van der Waals surface area (Å²) in [6.07, 6.45) is -10.7. The maximum Gasteiger partial charge on any atom is 0.454 e. The fraction of sp³-hybridized carbons (Fsp3) is 0.222. The van der Waals surface area contributed by atoms with E-state index in [4.69, 9.17) is 23.2 Å². The van der Waals surface area contributed by atoms with Crippen LogP contribution in [0.15, 0.2) is 12.1 Å². The number of carbonyl (C=O) groups is 1. The molecule has 0 aliphatic carbocycles. The molecule has 0 radical (unpaired) electrons. The van der Waals surface area contributed by atoms with Crippen LogP contribution in [0.4, 0.5) is 26.3 Å². The van der Waals surface area contributed by atoms with E-state index in [1.807, 2.05) is 0 Å². The molecular formula is C9H2Cl2F6O. The highest BCUT2D eigenvalue weighted by Gasteiger charge is 2.46. The van der Waals surface area contributed by atoms with Crippen LogP contribution in [-0.2, 0) is 6.18 Å². The molecule has 0 saturated carbocycles. The number of hydrogen-bond donors (Lipinski definition) is 0. The standard InChI is InChI=1S/C9H2Cl2F6O/c10-4-2-1-3(7(18)9(15,16)17)5(6(4)11)8(12,13)14/h1-2H. The van der Waals surface area contributed by atoms with Gasteiger partial charge in [-0.3, -0.25) is 4.79 Å². The van der Waals surface area contributed by atoms with Crippen LogP contribution >= 0.6 is 23.2 Å². The maximum absolute atomic E-state index is 12.6. The summed E-state index contributed by atoms with van der Waals surface area (Å²) in [5.41, 5.74) is -3.47. The van der Waals surface area contributed by atoms with E-state index < -0.39 is 39.3 Å². The fourth-order valence-corrected chi connectivity index (χ4v) is 1.60. The molecule has 0 heterocycles. The molecule has 0 aliphatic heterocycles. The Labute approximate surface area is 106 Å². The largest absolute Gasteiger partial charge is 0.454 e. The van der Waals surface area contributed by atoms with Gasteiger partial charge in [0, 0.05) is 5.56 Å². The lowest BCUT2D eigenvalue weighted by Crippen LogP contribution is -2.26. The summed E-state index contributed by atoms with van der Waals surface area (Å²) in [7, 11) is 0. The molecular weight excluding hydrogens is 309 g/mol. The summed E-state index contributed by atoms with van der Waals surface area (Å²) in [4.78, 5) is 10.9. The molecule has 0 spiro atoms. The summed E-state index contributed by atoms with van der Waals surface area (Å²) in [6, 6.07) is 1.03. The minimum atomic E-state index is -5.43. The zero-order chi connectivity index (χ0) is 14.3. The molecule has 0 saturated heterocycles. The van der Waals surface area contributed by atoms with Gasteiger partial charge in [-0.25, -0.2) is 0 Å². The minimum Gasteiger partial charge on any atom is -0.284 e. The van der Waals surface area contributed by atoms with Gasteiger partial charge in [0.1, 0.15) is 0 Å². The predicted octanol–water partition coefficient (Wildman–Crippen LogP) is 4.76. The Morgan fingerprint density at radius 3 is 1.89 bits per heavy atom. The summed E-state index contributed by atoms with van der Waals surface area (Å²) in [6.45, 7) is 0. The monoisotopic (exact) mass is 310 g/mol. The third-order valence-electron chi connectivity index (χ3n) is 1.88. The van der Waals surface area contributed by atoms with Crippen LogP contribution in [0.2, 0.25) is 10.0 Å². The van der Waals surface area contributed by atoms with Gasteiger partial charge in [0.15, 0.2) is 0 Å². The van der Waals surface area contributed by atoms with Crippen LogP contribution in [0, 0.1) is 0 Å². The first-order chi connectivity index (χ1) is 7.96. The van der Waals surface area contributed by atoms with E-state index in [0.717, 1.165) is 0 Å². The number of Topliss-reactive ketones (excluding diaryl/α,β-unsaturated/α-hetero) is 1. The first-order valence-corrected chi connectivity index (χ1v) is 4.88. The highest BCUT2D eigenvalue weighted by molar-refractivity contribution is 6.42. The molecule has 18 heavy (non-hydrogen) atoms. The second-order valence-electron chi connectivity index (χ2n) is 3.11. The first kappa shape index (κ1) is 15.1. The summed E-state index contributed by atoms with van der Waals surface area (Å²) in [5.74, 6) is -2.63. The number of carbonyl (C=O) groups excluding carboxylic acids is 1. The average Bonchev–Trinajstić information content (AvgIpc) is 2.17. The molecule has 1 aromatic rings. The highest BCUT2D eigenvalue weighted by atomic mass is 35.5. The van der Waals surface area contributed by atoms with Crippen molar-refractivity contribution in [2.24, 2.45) is 0 Å². The van der Waals surface area contributed by atoms with Crippen LogP contribution in [0.25, 0.3) is 0 Å². The molecule has 0 aliphatic rings. The van der Waals surface area contributed by atoms with Crippen LogP contribution < -0.4 is 0 Å². The van der Waals surface area contributed by atoms with Crippen LogP contribution in [0.5, 0.6) is 0 Å². The quantitative estimate of drug-likeness (QED) is 0.540. The molecule has 1 nitrogen and oxygen atoms in total. The summed E-state index contributed by atoms with van der Waals surface area (Å²) < 4.78 is 74.2. The number of alkyl halides is 6. The Balaban J connectivity index is 3.57. The topological polar surface area (TPSA) is 17.1 Å². The fourth-order valence-electron chi connectivity index (χ4n) is 1.17. The second-order valence-corrected chi connectivity index (χ2v) is 3.89. The van der Waals surface area contributed by atoms with Crippen LogP contribution in [0.3, 0.4) is 0 Å². The van der Waals surface area contributed by atoms with Crippen LogP contribution in [-0.4, -0.2) is 12.0 Å². The van der Waals surface area contributed by atoms with Crippen molar-refractivity contribution in [1.82, 2.24) is 0 Å². The van der Waals surface area contributed by atoms with Gasteiger partial charge in [-0.05, 0) is 12.1 Å². The van der Waals surface area contributed by atoms with E-state index in [0.29, 0.717) is 12.1 Å². The van der Waals surface area contributed by atoms with Crippen molar-refractivity contribution in [3.05, 3.63) is 33.3 Å². The average molecular weight is 311 g/mol. The van der Waals surface area contributed by atoms with Gasteiger partial charge in [-0.1, -0.05) is 23.2 Å². The summed E-state index contributed by atoms with van der Waals surface area (Å²) >= 11 is 10.5. The molecule has 0 aromatic heterocycles. The van der Waals surface area contributed by atoms with E-state index in [2.05, 4.69) is 0 Å². The SMILES string of the molecule is O=C(c1ccc(Cl)c(Cl)c1C(F)(F)F)C(F)(F)F. The molecule has 1 aromatic carbocycles. The van der Waals surface area contributed by atoms with Crippen LogP contribution in [0.1, 0.15) is 15.9 Å². The Hall–Kier alpha value is -0.950. The molecule has 0 atom stereocenters. The van der Waals surface area contributed by atoms with Crippen molar-refractivity contribution in [1.29, 1.82) is 0 Å². The molecule has 1 rings (SSSR count). The third-order valence-corrected chi connectivity index (χ3v) is 2.68. The normalized spacial score (nSPS) is 12.7. The number of benzene rings is 1. The van der Waals surface area contributed by atoms with E-state index >= 15 is 0 Å².